The molecule has 0 aromatic heterocycles. The summed E-state index contributed by atoms with van der Waals surface area (Å²) in [5, 5.41) is 13.8. The summed E-state index contributed by atoms with van der Waals surface area (Å²) in [4.78, 5) is 17.6. The van der Waals surface area contributed by atoms with E-state index in [4.69, 9.17) is 4.74 Å². The van der Waals surface area contributed by atoms with Gasteiger partial charge in [-0.15, -0.1) is 0 Å². The maximum absolute atomic E-state index is 13.4. The minimum absolute atomic E-state index is 0. The van der Waals surface area contributed by atoms with Gasteiger partial charge >= 0.3 is 51.4 Å². The fourth-order valence-corrected chi connectivity index (χ4v) is 17.3. The SMILES string of the molecule is CCN1C(=CC=CC2=[N+](CCCCCC(=O)NCCN3CC(C)C[C@H]4OC5(CCC6C(=C5C)CC5C6CC=C6C[C@@H](O)CCC65C)[C@H](C)C43)c3ccc(S(=O)(=O)[O-])cc3C2(C)C)C(C)(C)c2cc(S(=O)(=O)[O-])ccc21.[K+]. The molecule has 10 rings (SSSR count). The van der Waals surface area contributed by atoms with E-state index in [1.165, 1.54) is 48.3 Å². The maximum Gasteiger partial charge on any atom is 1.00 e. The zero-order valence-corrected chi connectivity index (χ0v) is 51.5. The number of fused-ring (bicyclic) bond motifs is 8. The number of aliphatic hydroxyl groups is 1. The number of piperidine rings is 1. The second kappa shape index (κ2) is 21.5. The summed E-state index contributed by atoms with van der Waals surface area (Å²) in [7, 11) is -9.34. The zero-order valence-electron chi connectivity index (χ0n) is 46.8. The van der Waals surface area contributed by atoms with Gasteiger partial charge in [0.1, 0.15) is 26.8 Å². The summed E-state index contributed by atoms with van der Waals surface area (Å²) < 4.78 is 82.1. The Labute approximate surface area is 496 Å². The number of ether oxygens (including phenoxy) is 1. The standard InChI is InChI=1S/C60H82N4O9S2.K/c1-10-63-50-22-19-42(74(67,68)69)33-48(50)57(5,6)53(63)15-14-16-54-58(7,8)49-34-43(75(70,71)72)20-23-51(49)64(54)29-13-11-12-17-55(66)61-28-30-62-36-37(2)31-52-56(62)39(4)60(73-52)27-25-44-45-21-18-40-32-41(65)24-26-59(40,9)47(45)35-46(44)38(60)3;/h14-16,18-20,22-23,33-34,37,39,41,44-45,47,52,56,65H,10-13,17,21,24-32,35-36H2,1-9H3,(H2-,61,66,67,68,69,70,71,72);/q;+1/p-1/t37?,39-,41+,44?,45?,47?,52-,56?,59?,60?;/m1./s1. The number of nitrogens with zero attached hydrogens (tertiary/aromatic N) is 3. The Hall–Kier alpha value is -2.32. The number of likely N-dealkylation sites (tertiary alicyclic amines) is 1. The number of hydrogen-bond donors (Lipinski definition) is 2. The van der Waals surface area contributed by atoms with Crippen molar-refractivity contribution in [2.45, 2.75) is 184 Å². The number of likely N-dealkylation sites (N-methyl/N-ethyl adjacent to an activating group) is 1. The van der Waals surface area contributed by atoms with Crippen LogP contribution in [0.25, 0.3) is 0 Å². The van der Waals surface area contributed by atoms with Gasteiger partial charge in [0.2, 0.25) is 11.6 Å². The number of benzene rings is 2. The summed E-state index contributed by atoms with van der Waals surface area (Å²) >= 11 is 0. The molecule has 0 radical (unpaired) electrons. The van der Waals surface area contributed by atoms with E-state index in [0.717, 1.165) is 98.4 Å². The summed E-state index contributed by atoms with van der Waals surface area (Å²) in [5.74, 6) is 2.88. The minimum atomic E-state index is -4.69. The first-order chi connectivity index (χ1) is 35.3. The molecular weight excluding hydrogens is 1020 g/mol. The van der Waals surface area contributed by atoms with Crippen molar-refractivity contribution in [1.82, 2.24) is 10.2 Å². The molecule has 2 N–H and O–H groups in total. The van der Waals surface area contributed by atoms with Gasteiger partial charge in [0.05, 0.1) is 33.0 Å². The van der Waals surface area contributed by atoms with Crippen LogP contribution < -0.4 is 61.6 Å². The van der Waals surface area contributed by atoms with E-state index in [9.17, 15) is 35.8 Å². The second-order valence-corrected chi connectivity index (χ2v) is 27.8. The van der Waals surface area contributed by atoms with E-state index in [0.29, 0.717) is 68.1 Å². The number of carbonyl (C=O) groups excluding carboxylic acids is 1. The maximum atomic E-state index is 13.4. The predicted octanol–water partition coefficient (Wildman–Crippen LogP) is 6.54. The monoisotopic (exact) mass is 1100 g/mol. The van der Waals surface area contributed by atoms with Gasteiger partial charge in [-0.2, -0.15) is 4.58 Å². The molecule has 408 valence electrons. The van der Waals surface area contributed by atoms with Crippen LogP contribution in [0.2, 0.25) is 0 Å². The third-order valence-corrected chi connectivity index (χ3v) is 21.9. The normalized spacial score (nSPS) is 33.0. The van der Waals surface area contributed by atoms with Gasteiger partial charge in [-0.3, -0.25) is 9.69 Å². The van der Waals surface area contributed by atoms with Crippen molar-refractivity contribution < 1.29 is 96.5 Å². The van der Waals surface area contributed by atoms with Crippen LogP contribution in [-0.4, -0.2) is 109 Å². The topological polar surface area (TPSA) is 182 Å². The Morgan fingerprint density at radius 2 is 1.64 bits per heavy atom. The van der Waals surface area contributed by atoms with Crippen LogP contribution in [-0.2, 0) is 40.6 Å². The van der Waals surface area contributed by atoms with E-state index < -0.39 is 31.1 Å². The molecule has 1 spiro atoms. The molecule has 2 aromatic carbocycles. The van der Waals surface area contributed by atoms with E-state index in [2.05, 4.69) is 53.5 Å². The van der Waals surface area contributed by atoms with Crippen LogP contribution in [0.15, 0.2) is 92.9 Å². The average molecular weight is 1110 g/mol. The molecule has 13 nitrogen and oxygen atoms in total. The average Bonchev–Trinajstić information content (AvgIpc) is 4.00. The first-order valence-corrected chi connectivity index (χ1v) is 30.9. The number of nitrogens with one attached hydrogen (secondary N) is 1. The van der Waals surface area contributed by atoms with Gasteiger partial charge in [0, 0.05) is 85.5 Å². The van der Waals surface area contributed by atoms with Crippen LogP contribution in [0.1, 0.15) is 150 Å². The van der Waals surface area contributed by atoms with Crippen LogP contribution in [0.5, 0.6) is 0 Å². The molecule has 10 atom stereocenters. The largest absolute Gasteiger partial charge is 1.00 e. The quantitative estimate of drug-likeness (QED) is 0.0690. The van der Waals surface area contributed by atoms with Gasteiger partial charge in [0.25, 0.3) is 0 Å². The molecule has 0 bridgehead atoms. The fourth-order valence-electron chi connectivity index (χ4n) is 16.3. The van der Waals surface area contributed by atoms with Crippen molar-refractivity contribution in [3.8, 4) is 0 Å². The number of allylic oxidation sites excluding steroid dienone is 6. The van der Waals surface area contributed by atoms with Crippen molar-refractivity contribution in [3.05, 3.63) is 94.2 Å². The molecule has 4 fully saturated rings. The van der Waals surface area contributed by atoms with Crippen molar-refractivity contribution in [2.24, 2.45) is 35.0 Å². The summed E-state index contributed by atoms with van der Waals surface area (Å²) in [5.41, 5.74) is 8.40. The van der Waals surface area contributed by atoms with E-state index in [1.54, 1.807) is 17.7 Å². The smallest absolute Gasteiger partial charge is 0.744 e. The van der Waals surface area contributed by atoms with Gasteiger partial charge in [-0.25, -0.2) is 16.8 Å². The van der Waals surface area contributed by atoms with Crippen LogP contribution in [0.4, 0.5) is 11.4 Å². The number of amides is 1. The number of rotatable bonds is 14. The molecule has 8 aliphatic rings. The van der Waals surface area contributed by atoms with Crippen molar-refractivity contribution >= 4 is 43.2 Å². The molecule has 7 unspecified atom stereocenters. The Morgan fingerprint density at radius 3 is 2.36 bits per heavy atom. The van der Waals surface area contributed by atoms with E-state index in [-0.39, 0.29) is 90.3 Å². The first-order valence-electron chi connectivity index (χ1n) is 28.1. The molecular formula is C60H81KN4O9S2. The van der Waals surface area contributed by atoms with E-state index in [1.807, 2.05) is 52.8 Å². The Morgan fingerprint density at radius 1 is 0.934 bits per heavy atom. The Bertz CT molecular complexity index is 3030. The van der Waals surface area contributed by atoms with Crippen molar-refractivity contribution in [1.29, 1.82) is 0 Å². The van der Waals surface area contributed by atoms with Gasteiger partial charge in [-0.1, -0.05) is 57.9 Å². The second-order valence-electron chi connectivity index (χ2n) is 25.1. The Kier molecular flexibility index (Phi) is 16.5. The predicted molar refractivity (Wildman–Crippen MR) is 290 cm³/mol. The molecule has 2 saturated carbocycles. The molecule has 4 heterocycles. The molecule has 4 aliphatic carbocycles. The molecule has 2 aromatic rings. The number of unbranched alkanes of at least 4 members (excludes halogenated alkanes) is 2. The number of aliphatic hydroxyl groups excluding tert-OH is 1. The molecule has 76 heavy (non-hydrogen) atoms. The first kappa shape index (κ1) is 58.3. The summed E-state index contributed by atoms with van der Waals surface area (Å²) in [6.45, 7) is 23.4. The molecule has 2 saturated heterocycles. The van der Waals surface area contributed by atoms with Crippen LogP contribution in [0.3, 0.4) is 0 Å². The number of carbonyl (C=O) groups is 1. The molecule has 1 amide bonds. The molecule has 4 aliphatic heterocycles. The summed E-state index contributed by atoms with van der Waals surface area (Å²) in [6.07, 6.45) is 19.7. The number of hydrogen-bond acceptors (Lipinski definition) is 11. The van der Waals surface area contributed by atoms with Gasteiger partial charge < -0.3 is 29.2 Å². The third kappa shape index (κ3) is 10.2. The summed E-state index contributed by atoms with van der Waals surface area (Å²) in [6, 6.07) is 9.43. The van der Waals surface area contributed by atoms with Crippen molar-refractivity contribution in [2.75, 3.05) is 37.6 Å². The third-order valence-electron chi connectivity index (χ3n) is 20.2. The fraction of sp³-hybridized carbons (Fsp3) is 0.633. The molecule has 16 heteroatoms. The zero-order chi connectivity index (χ0) is 53.8. The van der Waals surface area contributed by atoms with Crippen LogP contribution in [0, 0.1) is 35.0 Å². The van der Waals surface area contributed by atoms with Crippen LogP contribution >= 0.6 is 0 Å². The van der Waals surface area contributed by atoms with Crippen molar-refractivity contribution in [3.63, 3.8) is 0 Å². The Balaban J connectivity index is 0.00000706. The van der Waals surface area contributed by atoms with Gasteiger partial charge in [-0.05, 0) is 169 Å². The minimum Gasteiger partial charge on any atom is -0.744 e. The van der Waals surface area contributed by atoms with E-state index >= 15 is 0 Å². The number of anilines is 1. The van der Waals surface area contributed by atoms with Gasteiger partial charge in [0.15, 0.2) is 5.71 Å².